The van der Waals surface area contributed by atoms with E-state index in [4.69, 9.17) is 4.74 Å². The maximum absolute atomic E-state index is 12.6. The number of piperidine rings is 1. The van der Waals surface area contributed by atoms with E-state index in [2.05, 4.69) is 6.07 Å². The first-order valence-electron chi connectivity index (χ1n) is 8.09. The molecular formula is C20H20N2O2. The van der Waals surface area contributed by atoms with Crippen molar-refractivity contribution in [2.45, 2.75) is 18.3 Å². The van der Waals surface area contributed by atoms with E-state index in [1.807, 2.05) is 59.5 Å². The first-order chi connectivity index (χ1) is 11.7. The van der Waals surface area contributed by atoms with Crippen molar-refractivity contribution in [1.29, 1.82) is 5.26 Å². The van der Waals surface area contributed by atoms with Gasteiger partial charge in [-0.25, -0.2) is 0 Å². The zero-order chi connectivity index (χ0) is 17.0. The highest BCUT2D eigenvalue weighted by molar-refractivity contribution is 5.94. The highest BCUT2D eigenvalue weighted by Crippen LogP contribution is 2.36. The summed E-state index contributed by atoms with van der Waals surface area (Å²) in [7, 11) is 1.62. The number of methoxy groups -OCH3 is 1. The summed E-state index contributed by atoms with van der Waals surface area (Å²) in [5.41, 5.74) is 1.11. The fraction of sp³-hybridized carbons (Fsp3) is 0.300. The zero-order valence-corrected chi connectivity index (χ0v) is 13.7. The van der Waals surface area contributed by atoms with Crippen molar-refractivity contribution in [2.75, 3.05) is 20.2 Å². The van der Waals surface area contributed by atoms with Gasteiger partial charge in [0.2, 0.25) is 0 Å². The molecular weight excluding hydrogens is 300 g/mol. The number of carbonyl (C=O) groups is 1. The molecule has 0 N–H and O–H groups in total. The number of nitriles is 1. The summed E-state index contributed by atoms with van der Waals surface area (Å²) in [5.74, 6) is 0.790. The molecule has 0 unspecified atom stereocenters. The van der Waals surface area contributed by atoms with E-state index in [9.17, 15) is 10.1 Å². The number of benzene rings is 2. The van der Waals surface area contributed by atoms with Crippen molar-refractivity contribution in [3.05, 3.63) is 65.7 Å². The molecule has 122 valence electrons. The summed E-state index contributed by atoms with van der Waals surface area (Å²) in [4.78, 5) is 14.4. The molecule has 0 atom stereocenters. The van der Waals surface area contributed by atoms with Gasteiger partial charge in [-0.15, -0.1) is 0 Å². The van der Waals surface area contributed by atoms with Gasteiger partial charge in [-0.05, 0) is 42.7 Å². The van der Waals surface area contributed by atoms with Crippen LogP contribution in [0.4, 0.5) is 0 Å². The molecule has 4 heteroatoms. The normalized spacial score (nSPS) is 16.2. The minimum Gasteiger partial charge on any atom is -0.497 e. The third-order valence-electron chi connectivity index (χ3n) is 4.76. The minimum absolute atomic E-state index is 0.0350. The van der Waals surface area contributed by atoms with Gasteiger partial charge < -0.3 is 9.64 Å². The first-order valence-corrected chi connectivity index (χ1v) is 8.09. The molecule has 2 aromatic carbocycles. The molecule has 2 aromatic rings. The van der Waals surface area contributed by atoms with E-state index in [1.54, 1.807) is 7.11 Å². The van der Waals surface area contributed by atoms with Crippen LogP contribution in [-0.2, 0) is 5.41 Å². The van der Waals surface area contributed by atoms with Crippen LogP contribution in [0.25, 0.3) is 0 Å². The topological polar surface area (TPSA) is 53.3 Å². The molecule has 24 heavy (non-hydrogen) atoms. The van der Waals surface area contributed by atoms with Crippen molar-refractivity contribution >= 4 is 5.91 Å². The lowest BCUT2D eigenvalue weighted by atomic mass is 9.74. The average molecular weight is 320 g/mol. The Hall–Kier alpha value is -2.80. The second-order valence-electron chi connectivity index (χ2n) is 6.08. The van der Waals surface area contributed by atoms with E-state index < -0.39 is 5.41 Å². The molecule has 1 aliphatic heterocycles. The fourth-order valence-corrected chi connectivity index (χ4v) is 3.24. The molecule has 0 aromatic heterocycles. The monoisotopic (exact) mass is 320 g/mol. The Labute approximate surface area is 142 Å². The number of carbonyl (C=O) groups excluding carboxylic acids is 1. The van der Waals surface area contributed by atoms with Gasteiger partial charge in [0.1, 0.15) is 5.75 Å². The number of rotatable bonds is 3. The molecule has 1 fully saturated rings. The van der Waals surface area contributed by atoms with Crippen LogP contribution in [-0.4, -0.2) is 31.0 Å². The lowest BCUT2D eigenvalue weighted by Gasteiger charge is -2.37. The Balaban J connectivity index is 1.77. The average Bonchev–Trinajstić information content (AvgIpc) is 2.68. The second kappa shape index (κ2) is 6.76. The molecule has 1 amide bonds. The summed E-state index contributed by atoms with van der Waals surface area (Å²) < 4.78 is 5.28. The molecule has 4 nitrogen and oxygen atoms in total. The standard InChI is InChI=1S/C20H20N2O2/c1-24-18-9-5-8-17(14-18)20(15-21)10-12-22(13-11-20)19(23)16-6-3-2-4-7-16/h2-9,14H,10-13H2,1H3. The number of hydrogen-bond donors (Lipinski definition) is 0. The van der Waals surface area contributed by atoms with Crippen molar-refractivity contribution in [3.8, 4) is 11.8 Å². The van der Waals surface area contributed by atoms with Gasteiger partial charge in [0.25, 0.3) is 5.91 Å². The van der Waals surface area contributed by atoms with E-state index in [1.165, 1.54) is 0 Å². The third kappa shape index (κ3) is 2.98. The fourth-order valence-electron chi connectivity index (χ4n) is 3.24. The van der Waals surface area contributed by atoms with Crippen LogP contribution < -0.4 is 4.74 Å². The smallest absolute Gasteiger partial charge is 0.253 e. The first kappa shape index (κ1) is 16.1. The number of nitrogens with zero attached hydrogens (tertiary/aromatic N) is 2. The van der Waals surface area contributed by atoms with Gasteiger partial charge in [-0.1, -0.05) is 30.3 Å². The van der Waals surface area contributed by atoms with E-state index in [-0.39, 0.29) is 5.91 Å². The van der Waals surface area contributed by atoms with Crippen molar-refractivity contribution in [2.24, 2.45) is 0 Å². The van der Waals surface area contributed by atoms with Gasteiger partial charge in [0.05, 0.1) is 18.6 Å². The second-order valence-corrected chi connectivity index (χ2v) is 6.08. The summed E-state index contributed by atoms with van der Waals surface area (Å²) >= 11 is 0. The van der Waals surface area contributed by atoms with Crippen LogP contribution >= 0.6 is 0 Å². The Morgan fingerprint density at radius 3 is 2.46 bits per heavy atom. The third-order valence-corrected chi connectivity index (χ3v) is 4.76. The Kier molecular flexibility index (Phi) is 4.52. The van der Waals surface area contributed by atoms with Gasteiger partial charge in [0, 0.05) is 18.7 Å². The lowest BCUT2D eigenvalue weighted by Crippen LogP contribution is -2.44. The lowest BCUT2D eigenvalue weighted by molar-refractivity contribution is 0.0692. The Morgan fingerprint density at radius 1 is 1.12 bits per heavy atom. The molecule has 0 aliphatic carbocycles. The summed E-state index contributed by atoms with van der Waals surface area (Å²) in [6, 6.07) is 19.5. The van der Waals surface area contributed by atoms with Crippen molar-refractivity contribution in [3.63, 3.8) is 0 Å². The van der Waals surface area contributed by atoms with E-state index >= 15 is 0 Å². The SMILES string of the molecule is COc1cccc(C2(C#N)CCN(C(=O)c3ccccc3)CC2)c1. The molecule has 3 rings (SSSR count). The number of hydrogen-bond acceptors (Lipinski definition) is 3. The van der Waals surface area contributed by atoms with Crippen LogP contribution in [0.15, 0.2) is 54.6 Å². The van der Waals surface area contributed by atoms with Gasteiger partial charge in [-0.2, -0.15) is 5.26 Å². The Morgan fingerprint density at radius 2 is 1.83 bits per heavy atom. The minimum atomic E-state index is -0.554. The van der Waals surface area contributed by atoms with Crippen LogP contribution in [0.2, 0.25) is 0 Å². The summed E-state index contributed by atoms with van der Waals surface area (Å²) in [6.07, 6.45) is 1.27. The number of likely N-dealkylation sites (tertiary alicyclic amines) is 1. The Bertz CT molecular complexity index is 757. The molecule has 0 saturated carbocycles. The largest absolute Gasteiger partial charge is 0.497 e. The predicted molar refractivity (Wildman–Crippen MR) is 91.9 cm³/mol. The van der Waals surface area contributed by atoms with Gasteiger partial charge in [0.15, 0.2) is 0 Å². The van der Waals surface area contributed by atoms with Crippen molar-refractivity contribution < 1.29 is 9.53 Å². The highest BCUT2D eigenvalue weighted by atomic mass is 16.5. The quantitative estimate of drug-likeness (QED) is 0.871. The number of amides is 1. The molecule has 0 radical (unpaired) electrons. The molecule has 0 spiro atoms. The van der Waals surface area contributed by atoms with Gasteiger partial charge in [-0.3, -0.25) is 4.79 Å². The van der Waals surface area contributed by atoms with E-state index in [0.29, 0.717) is 31.5 Å². The van der Waals surface area contributed by atoms with E-state index in [0.717, 1.165) is 11.3 Å². The van der Waals surface area contributed by atoms with Crippen molar-refractivity contribution in [1.82, 2.24) is 4.90 Å². The van der Waals surface area contributed by atoms with Crippen LogP contribution in [0, 0.1) is 11.3 Å². The summed E-state index contributed by atoms with van der Waals surface area (Å²) in [5, 5.41) is 9.81. The van der Waals surface area contributed by atoms with Crippen LogP contribution in [0.3, 0.4) is 0 Å². The van der Waals surface area contributed by atoms with Crippen LogP contribution in [0.1, 0.15) is 28.8 Å². The molecule has 0 bridgehead atoms. The van der Waals surface area contributed by atoms with Gasteiger partial charge >= 0.3 is 0 Å². The molecule has 1 heterocycles. The highest BCUT2D eigenvalue weighted by Gasteiger charge is 2.38. The maximum atomic E-state index is 12.6. The molecule has 1 saturated heterocycles. The predicted octanol–water partition coefficient (Wildman–Crippen LogP) is 3.39. The van der Waals surface area contributed by atoms with Crippen LogP contribution in [0.5, 0.6) is 5.75 Å². The maximum Gasteiger partial charge on any atom is 0.253 e. The number of ether oxygens (including phenoxy) is 1. The molecule has 1 aliphatic rings. The zero-order valence-electron chi connectivity index (χ0n) is 13.7. The summed E-state index contributed by atoms with van der Waals surface area (Å²) in [6.45, 7) is 1.16.